The Morgan fingerprint density at radius 3 is 2.83 bits per heavy atom. The number of rotatable bonds is 6. The fourth-order valence-electron chi connectivity index (χ4n) is 3.76. The highest BCUT2D eigenvalue weighted by Crippen LogP contribution is 2.28. The summed E-state index contributed by atoms with van der Waals surface area (Å²) in [6.45, 7) is 3.10. The molecule has 0 aliphatic carbocycles. The first-order valence-corrected chi connectivity index (χ1v) is 10.8. The predicted molar refractivity (Wildman–Crippen MR) is 106 cm³/mol. The summed E-state index contributed by atoms with van der Waals surface area (Å²) in [6, 6.07) is 3.34. The van der Waals surface area contributed by atoms with Gasteiger partial charge >= 0.3 is 5.69 Å². The Morgan fingerprint density at radius 1 is 1.34 bits per heavy atom. The van der Waals surface area contributed by atoms with Gasteiger partial charge in [0.05, 0.1) is 24.7 Å². The van der Waals surface area contributed by atoms with Gasteiger partial charge in [0.2, 0.25) is 0 Å². The largest absolute Gasteiger partial charge is 0.383 e. The Labute approximate surface area is 168 Å². The first-order valence-electron chi connectivity index (χ1n) is 9.39. The molecule has 0 radical (unpaired) electrons. The number of methoxy groups -OCH3 is 1. The van der Waals surface area contributed by atoms with Crippen LogP contribution in [-0.2, 0) is 28.4 Å². The SMILES string of the molecule is COCCn1c(=O)n([C@@H]2CCN(S(=O)(=O)c3cn(C)c(C)n3)C2)c2ncccc21. The Hall–Kier alpha value is -2.50. The number of hydrogen-bond acceptors (Lipinski definition) is 6. The molecule has 1 fully saturated rings. The number of pyridine rings is 1. The monoisotopic (exact) mass is 420 g/mol. The van der Waals surface area contributed by atoms with Gasteiger partial charge < -0.3 is 9.30 Å². The molecule has 1 aliphatic rings. The van der Waals surface area contributed by atoms with Crippen molar-refractivity contribution in [1.29, 1.82) is 0 Å². The minimum absolute atomic E-state index is 0.0335. The summed E-state index contributed by atoms with van der Waals surface area (Å²) < 4.78 is 37.4. The van der Waals surface area contributed by atoms with E-state index in [0.717, 1.165) is 5.52 Å². The van der Waals surface area contributed by atoms with E-state index in [1.807, 2.05) is 6.07 Å². The number of nitrogens with zero attached hydrogens (tertiary/aromatic N) is 6. The van der Waals surface area contributed by atoms with Crippen molar-refractivity contribution in [1.82, 2.24) is 28.0 Å². The van der Waals surface area contributed by atoms with E-state index in [1.54, 1.807) is 47.0 Å². The van der Waals surface area contributed by atoms with E-state index in [0.29, 0.717) is 37.6 Å². The van der Waals surface area contributed by atoms with Gasteiger partial charge in [-0.15, -0.1) is 0 Å². The van der Waals surface area contributed by atoms with Crippen molar-refractivity contribution in [2.75, 3.05) is 26.8 Å². The van der Waals surface area contributed by atoms with Gasteiger partial charge in [-0.3, -0.25) is 9.13 Å². The van der Waals surface area contributed by atoms with Crippen LogP contribution >= 0.6 is 0 Å². The third-order valence-electron chi connectivity index (χ3n) is 5.42. The number of aromatic nitrogens is 5. The van der Waals surface area contributed by atoms with Gasteiger partial charge in [0.1, 0.15) is 5.82 Å². The molecule has 4 heterocycles. The molecule has 1 saturated heterocycles. The van der Waals surface area contributed by atoms with Gasteiger partial charge in [0.25, 0.3) is 10.0 Å². The first kappa shape index (κ1) is 19.8. The fourth-order valence-corrected chi connectivity index (χ4v) is 5.28. The van der Waals surface area contributed by atoms with Crippen LogP contribution in [0.3, 0.4) is 0 Å². The van der Waals surface area contributed by atoms with E-state index >= 15 is 0 Å². The van der Waals surface area contributed by atoms with Crippen molar-refractivity contribution < 1.29 is 13.2 Å². The first-order chi connectivity index (χ1) is 13.8. The summed E-state index contributed by atoms with van der Waals surface area (Å²) in [7, 11) is -0.373. The van der Waals surface area contributed by atoms with Crippen LogP contribution in [0.2, 0.25) is 0 Å². The molecule has 1 aliphatic heterocycles. The Kier molecular flexibility index (Phi) is 5.05. The zero-order chi connectivity index (χ0) is 20.8. The van der Waals surface area contributed by atoms with E-state index < -0.39 is 10.0 Å². The summed E-state index contributed by atoms with van der Waals surface area (Å²) in [5.41, 5.74) is 1.08. The van der Waals surface area contributed by atoms with Crippen molar-refractivity contribution in [3.05, 3.63) is 40.8 Å². The van der Waals surface area contributed by atoms with Crippen LogP contribution in [0, 0.1) is 6.92 Å². The molecule has 0 spiro atoms. The van der Waals surface area contributed by atoms with Gasteiger partial charge in [0.15, 0.2) is 10.7 Å². The molecule has 10 nitrogen and oxygen atoms in total. The van der Waals surface area contributed by atoms with E-state index in [1.165, 1.54) is 10.5 Å². The normalized spacial score (nSPS) is 18.1. The average Bonchev–Trinajstić information content (AvgIpc) is 3.37. The van der Waals surface area contributed by atoms with Crippen LogP contribution in [0.25, 0.3) is 11.2 Å². The molecule has 0 bridgehead atoms. The van der Waals surface area contributed by atoms with Crippen LogP contribution in [0.4, 0.5) is 0 Å². The minimum atomic E-state index is -3.72. The maximum atomic E-state index is 13.1. The molecule has 3 aromatic heterocycles. The standard InChI is InChI=1S/C18H24N6O4S/c1-13-20-16(12-21(13)2)29(26,27)22-8-6-14(11-22)24-17-15(5-4-7-19-17)23(18(24)25)9-10-28-3/h4-5,7,12,14H,6,8-11H2,1-3H3/t14-/m1/s1. The predicted octanol–water partition coefficient (Wildman–Crippen LogP) is 0.522. The molecule has 0 unspecified atom stereocenters. The number of aryl methyl sites for hydroxylation is 2. The number of sulfonamides is 1. The van der Waals surface area contributed by atoms with Crippen molar-refractivity contribution in [3.8, 4) is 0 Å². The van der Waals surface area contributed by atoms with E-state index in [4.69, 9.17) is 4.74 Å². The van der Waals surface area contributed by atoms with Gasteiger partial charge in [-0.1, -0.05) is 0 Å². The van der Waals surface area contributed by atoms with Crippen LogP contribution in [0.5, 0.6) is 0 Å². The molecule has 1 atom stereocenters. The van der Waals surface area contributed by atoms with E-state index in [-0.39, 0.29) is 23.3 Å². The van der Waals surface area contributed by atoms with Crippen LogP contribution in [0.1, 0.15) is 18.3 Å². The van der Waals surface area contributed by atoms with Crippen molar-refractivity contribution >= 4 is 21.2 Å². The third kappa shape index (κ3) is 3.28. The highest BCUT2D eigenvalue weighted by atomic mass is 32.2. The second-order valence-corrected chi connectivity index (χ2v) is 9.07. The quantitative estimate of drug-likeness (QED) is 0.576. The van der Waals surface area contributed by atoms with Gasteiger partial charge in [0, 0.05) is 39.6 Å². The van der Waals surface area contributed by atoms with Gasteiger partial charge in [-0.25, -0.2) is 23.2 Å². The van der Waals surface area contributed by atoms with Crippen LogP contribution in [0.15, 0.2) is 34.3 Å². The van der Waals surface area contributed by atoms with E-state index in [9.17, 15) is 13.2 Å². The number of ether oxygens (including phenoxy) is 1. The molecular formula is C18H24N6O4S. The summed E-state index contributed by atoms with van der Waals surface area (Å²) in [5, 5.41) is 0.0335. The lowest BCUT2D eigenvalue weighted by molar-refractivity contribution is 0.187. The summed E-state index contributed by atoms with van der Waals surface area (Å²) in [4.78, 5) is 21.7. The highest BCUT2D eigenvalue weighted by molar-refractivity contribution is 7.89. The molecule has 156 valence electrons. The second kappa shape index (κ2) is 7.39. The third-order valence-corrected chi connectivity index (χ3v) is 7.16. The zero-order valence-electron chi connectivity index (χ0n) is 16.6. The molecule has 0 aromatic carbocycles. The average molecular weight is 420 g/mol. The Balaban J connectivity index is 1.68. The lowest BCUT2D eigenvalue weighted by atomic mass is 10.2. The summed E-state index contributed by atoms with van der Waals surface area (Å²) >= 11 is 0. The molecule has 0 saturated carbocycles. The van der Waals surface area contributed by atoms with Crippen LogP contribution in [-0.4, -0.2) is 63.2 Å². The summed E-state index contributed by atoms with van der Waals surface area (Å²) in [6.07, 6.45) is 3.69. The fraction of sp³-hybridized carbons (Fsp3) is 0.500. The Morgan fingerprint density at radius 2 is 2.14 bits per heavy atom. The van der Waals surface area contributed by atoms with Crippen molar-refractivity contribution in [3.63, 3.8) is 0 Å². The molecule has 3 aromatic rings. The van der Waals surface area contributed by atoms with Crippen molar-refractivity contribution in [2.24, 2.45) is 7.05 Å². The number of imidazole rings is 2. The summed E-state index contributed by atoms with van der Waals surface area (Å²) in [5.74, 6) is 0.626. The maximum absolute atomic E-state index is 13.1. The zero-order valence-corrected chi connectivity index (χ0v) is 17.5. The molecule has 0 N–H and O–H groups in total. The topological polar surface area (TPSA) is 104 Å². The lowest BCUT2D eigenvalue weighted by Crippen LogP contribution is -2.32. The van der Waals surface area contributed by atoms with Crippen LogP contribution < -0.4 is 5.69 Å². The van der Waals surface area contributed by atoms with Gasteiger partial charge in [-0.2, -0.15) is 4.31 Å². The second-order valence-electron chi connectivity index (χ2n) is 7.19. The Bertz CT molecular complexity index is 1190. The minimum Gasteiger partial charge on any atom is -0.383 e. The molecule has 29 heavy (non-hydrogen) atoms. The molecule has 0 amide bonds. The van der Waals surface area contributed by atoms with E-state index in [2.05, 4.69) is 9.97 Å². The molecule has 11 heteroatoms. The van der Waals surface area contributed by atoms with Gasteiger partial charge in [-0.05, 0) is 25.5 Å². The highest BCUT2D eigenvalue weighted by Gasteiger charge is 2.36. The smallest absolute Gasteiger partial charge is 0.330 e. The van der Waals surface area contributed by atoms with Crippen molar-refractivity contribution in [2.45, 2.75) is 31.0 Å². The maximum Gasteiger partial charge on any atom is 0.330 e. The number of hydrogen-bond donors (Lipinski definition) is 0. The number of fused-ring (bicyclic) bond motifs is 1. The molecular weight excluding hydrogens is 396 g/mol. The molecule has 4 rings (SSSR count). The lowest BCUT2D eigenvalue weighted by Gasteiger charge is -2.15.